The maximum atomic E-state index is 10.5. The Hall–Kier alpha value is -0.570. The van der Waals surface area contributed by atoms with Crippen LogP contribution in [-0.4, -0.2) is 17.6 Å². The van der Waals surface area contributed by atoms with Crippen molar-refractivity contribution in [3.8, 4) is 0 Å². The zero-order chi connectivity index (χ0) is 25.5. The molecule has 3 heteroatoms. The van der Waals surface area contributed by atoms with Gasteiger partial charge in [-0.3, -0.25) is 4.79 Å². The molecule has 0 spiro atoms. The van der Waals surface area contributed by atoms with Gasteiger partial charge in [0.25, 0.3) is 0 Å². The predicted octanol–water partition coefficient (Wildman–Crippen LogP) is 10.7. The molecule has 0 aliphatic heterocycles. The summed E-state index contributed by atoms with van der Waals surface area (Å²) in [7, 11) is 0. The molecule has 3 nitrogen and oxygen atoms in total. The molecular weight excluding hydrogens is 430 g/mol. The van der Waals surface area contributed by atoms with Crippen LogP contribution >= 0.6 is 0 Å². The Labute approximate surface area is 220 Å². The molecule has 0 unspecified atom stereocenters. The van der Waals surface area contributed by atoms with Gasteiger partial charge in [-0.2, -0.15) is 0 Å². The summed E-state index contributed by atoms with van der Waals surface area (Å²) >= 11 is 0. The lowest BCUT2D eigenvalue weighted by Crippen LogP contribution is -1.97. The van der Waals surface area contributed by atoms with Crippen molar-refractivity contribution in [1.29, 1.82) is 0 Å². The molecule has 0 aromatic carbocycles. The van der Waals surface area contributed by atoms with Crippen molar-refractivity contribution in [2.75, 3.05) is 6.54 Å². The first-order valence-corrected chi connectivity index (χ1v) is 16.2. The number of hydrogen-bond acceptors (Lipinski definition) is 2. The Kier molecular flexibility index (Phi) is 30.9. The number of aliphatic carboxylic acids is 1. The minimum atomic E-state index is -0.650. The highest BCUT2D eigenvalue weighted by Crippen LogP contribution is 2.16. The normalized spacial score (nSPS) is 11.3. The Bertz CT molecular complexity index is 399. The molecule has 0 fully saturated rings. The average Bonchev–Trinajstić information content (AvgIpc) is 2.85. The number of rotatable bonds is 31. The number of nitrogens with two attached hydrogens (primary N) is 1. The molecule has 0 aromatic heterocycles. The summed E-state index contributed by atoms with van der Waals surface area (Å²) in [5, 5.41) is 8.62. The summed E-state index contributed by atoms with van der Waals surface area (Å²) < 4.78 is 0. The van der Waals surface area contributed by atoms with Gasteiger partial charge in [-0.15, -0.1) is 0 Å². The lowest BCUT2D eigenvalue weighted by molar-refractivity contribution is -0.137. The molecule has 210 valence electrons. The Balaban J connectivity index is 3.01. The fourth-order valence-electron chi connectivity index (χ4n) is 5.19. The van der Waals surface area contributed by atoms with Crippen molar-refractivity contribution < 1.29 is 9.90 Å². The second-order valence-corrected chi connectivity index (χ2v) is 11.2. The van der Waals surface area contributed by atoms with Crippen molar-refractivity contribution in [2.24, 2.45) is 5.73 Å². The summed E-state index contributed by atoms with van der Waals surface area (Å²) in [5.41, 5.74) is 5.53. The smallest absolute Gasteiger partial charge is 0.303 e. The van der Waals surface area contributed by atoms with Gasteiger partial charge in [0, 0.05) is 6.42 Å². The molecule has 0 atom stereocenters. The van der Waals surface area contributed by atoms with Gasteiger partial charge in [0.05, 0.1) is 0 Å². The maximum absolute atomic E-state index is 10.5. The minimum absolute atomic E-state index is 0.345. The molecule has 0 amide bonds. The largest absolute Gasteiger partial charge is 0.481 e. The summed E-state index contributed by atoms with van der Waals surface area (Å²) in [6.07, 6.45) is 40.3. The van der Waals surface area contributed by atoms with Crippen molar-refractivity contribution >= 4 is 5.97 Å². The van der Waals surface area contributed by atoms with E-state index in [0.717, 1.165) is 19.4 Å². The summed E-state index contributed by atoms with van der Waals surface area (Å²) in [6, 6.07) is 0. The standard InChI is InChI=1S/C32H65NO2/c33-31-29-27-25-23-21-19-17-15-13-11-9-7-5-3-1-2-4-6-8-10-12-14-16-18-20-22-24-26-28-30-32(34)35/h1-31,33H2,(H,34,35). The second-order valence-electron chi connectivity index (χ2n) is 11.2. The molecule has 35 heavy (non-hydrogen) atoms. The summed E-state index contributed by atoms with van der Waals surface area (Å²) in [6.45, 7) is 0.866. The minimum Gasteiger partial charge on any atom is -0.481 e. The van der Waals surface area contributed by atoms with E-state index in [-0.39, 0.29) is 0 Å². The van der Waals surface area contributed by atoms with Crippen LogP contribution in [0.25, 0.3) is 0 Å². The van der Waals surface area contributed by atoms with E-state index in [1.54, 1.807) is 0 Å². The Morgan fingerprint density at radius 1 is 0.343 bits per heavy atom. The van der Waals surface area contributed by atoms with Crippen molar-refractivity contribution in [2.45, 2.75) is 193 Å². The maximum Gasteiger partial charge on any atom is 0.303 e. The number of hydrogen-bond donors (Lipinski definition) is 2. The highest BCUT2D eigenvalue weighted by Gasteiger charge is 1.98. The molecular formula is C32H65NO2. The zero-order valence-corrected chi connectivity index (χ0v) is 23.9. The van der Waals surface area contributed by atoms with E-state index >= 15 is 0 Å². The van der Waals surface area contributed by atoms with E-state index in [1.165, 1.54) is 173 Å². The fourth-order valence-corrected chi connectivity index (χ4v) is 5.19. The van der Waals surface area contributed by atoms with Crippen LogP contribution in [0.15, 0.2) is 0 Å². The van der Waals surface area contributed by atoms with Crippen LogP contribution < -0.4 is 5.73 Å². The lowest BCUT2D eigenvalue weighted by atomic mass is 10.0. The average molecular weight is 496 g/mol. The van der Waals surface area contributed by atoms with E-state index < -0.39 is 5.97 Å². The highest BCUT2D eigenvalue weighted by atomic mass is 16.4. The van der Waals surface area contributed by atoms with Gasteiger partial charge < -0.3 is 10.8 Å². The van der Waals surface area contributed by atoms with Crippen LogP contribution in [0.5, 0.6) is 0 Å². The molecule has 0 aromatic rings. The van der Waals surface area contributed by atoms with Crippen molar-refractivity contribution in [3.63, 3.8) is 0 Å². The van der Waals surface area contributed by atoms with E-state index in [0.29, 0.717) is 6.42 Å². The summed E-state index contributed by atoms with van der Waals surface area (Å²) in [4.78, 5) is 10.5. The fraction of sp³-hybridized carbons (Fsp3) is 0.969. The van der Waals surface area contributed by atoms with Gasteiger partial charge in [0.2, 0.25) is 0 Å². The molecule has 0 radical (unpaired) electrons. The van der Waals surface area contributed by atoms with Crippen LogP contribution in [-0.2, 0) is 4.79 Å². The number of carboxylic acids is 1. The Morgan fingerprint density at radius 2 is 0.514 bits per heavy atom. The third-order valence-electron chi connectivity index (χ3n) is 7.59. The van der Waals surface area contributed by atoms with Gasteiger partial charge in [0.1, 0.15) is 0 Å². The number of unbranched alkanes of at least 4 members (excludes halogenated alkanes) is 28. The van der Waals surface area contributed by atoms with Crippen molar-refractivity contribution in [1.82, 2.24) is 0 Å². The van der Waals surface area contributed by atoms with Crippen LogP contribution in [0, 0.1) is 0 Å². The molecule has 0 rings (SSSR count). The predicted molar refractivity (Wildman–Crippen MR) is 155 cm³/mol. The number of carboxylic acid groups (broad SMARTS) is 1. The first-order valence-electron chi connectivity index (χ1n) is 16.2. The van der Waals surface area contributed by atoms with E-state index in [2.05, 4.69) is 0 Å². The van der Waals surface area contributed by atoms with Crippen LogP contribution in [0.2, 0.25) is 0 Å². The SMILES string of the molecule is NCCCCCCCCCCCCCCCCCCCCCCCCCCCCCCCC(=O)O. The van der Waals surface area contributed by atoms with Gasteiger partial charge in [-0.1, -0.05) is 173 Å². The Morgan fingerprint density at radius 3 is 0.686 bits per heavy atom. The van der Waals surface area contributed by atoms with E-state index in [9.17, 15) is 4.79 Å². The van der Waals surface area contributed by atoms with E-state index in [4.69, 9.17) is 10.8 Å². The molecule has 0 saturated carbocycles. The van der Waals surface area contributed by atoms with Crippen LogP contribution in [0.1, 0.15) is 193 Å². The first-order chi connectivity index (χ1) is 17.3. The quantitative estimate of drug-likeness (QED) is 0.0940. The number of carbonyl (C=O) groups is 1. The third kappa shape index (κ3) is 33.4. The van der Waals surface area contributed by atoms with Crippen molar-refractivity contribution in [3.05, 3.63) is 0 Å². The molecule has 0 heterocycles. The lowest BCUT2D eigenvalue weighted by Gasteiger charge is -2.04. The zero-order valence-electron chi connectivity index (χ0n) is 23.9. The molecule has 0 bridgehead atoms. The van der Waals surface area contributed by atoms with E-state index in [1.807, 2.05) is 0 Å². The third-order valence-corrected chi connectivity index (χ3v) is 7.59. The monoisotopic (exact) mass is 496 g/mol. The van der Waals surface area contributed by atoms with Gasteiger partial charge in [-0.25, -0.2) is 0 Å². The van der Waals surface area contributed by atoms with Gasteiger partial charge >= 0.3 is 5.97 Å². The van der Waals surface area contributed by atoms with Crippen LogP contribution in [0.3, 0.4) is 0 Å². The summed E-state index contributed by atoms with van der Waals surface area (Å²) in [5.74, 6) is -0.650. The molecule has 3 N–H and O–H groups in total. The molecule has 0 aliphatic rings. The highest BCUT2D eigenvalue weighted by molar-refractivity contribution is 5.66. The topological polar surface area (TPSA) is 63.3 Å². The molecule has 0 saturated heterocycles. The van der Waals surface area contributed by atoms with Gasteiger partial charge in [0.15, 0.2) is 0 Å². The van der Waals surface area contributed by atoms with Crippen LogP contribution in [0.4, 0.5) is 0 Å². The van der Waals surface area contributed by atoms with Gasteiger partial charge in [-0.05, 0) is 19.4 Å². The second kappa shape index (κ2) is 31.5. The first kappa shape index (κ1) is 34.4. The molecule has 0 aliphatic carbocycles.